The van der Waals surface area contributed by atoms with Gasteiger partial charge in [0, 0.05) is 16.6 Å². The molecule has 0 aliphatic rings. The van der Waals surface area contributed by atoms with Gasteiger partial charge in [-0.3, -0.25) is 10.1 Å². The van der Waals surface area contributed by atoms with Gasteiger partial charge in [0.25, 0.3) is 5.69 Å². The van der Waals surface area contributed by atoms with Gasteiger partial charge in [0.05, 0.1) is 17.0 Å². The molecule has 9 heteroatoms. The Hall–Kier alpha value is -2.91. The maximum atomic E-state index is 12.1. The minimum absolute atomic E-state index is 0.0888. The van der Waals surface area contributed by atoms with Gasteiger partial charge in [0.15, 0.2) is 4.88 Å². The number of carbonyl (C=O) groups is 1. The summed E-state index contributed by atoms with van der Waals surface area (Å²) in [5.41, 5.74) is 1.16. The molecule has 0 bridgehead atoms. The van der Waals surface area contributed by atoms with E-state index in [2.05, 4.69) is 21.2 Å². The van der Waals surface area contributed by atoms with Crippen LogP contribution in [0.4, 0.5) is 16.4 Å². The number of anilines is 2. The molecule has 0 atom stereocenters. The van der Waals surface area contributed by atoms with Crippen molar-refractivity contribution in [3.05, 3.63) is 79.6 Å². The molecule has 3 rings (SSSR count). The Morgan fingerprint density at radius 3 is 2.64 bits per heavy atom. The molecule has 3 aromatic rings. The number of benzene rings is 2. The van der Waals surface area contributed by atoms with Crippen molar-refractivity contribution in [3.63, 3.8) is 0 Å². The zero-order valence-corrected chi connectivity index (χ0v) is 17.1. The monoisotopic (exact) mass is 462 g/mol. The molecule has 0 amide bonds. The Labute approximate surface area is 173 Å². The summed E-state index contributed by atoms with van der Waals surface area (Å²) in [5.74, 6) is -0.186. The highest BCUT2D eigenvalue weighted by atomic mass is 79.9. The van der Waals surface area contributed by atoms with E-state index in [0.717, 1.165) is 16.9 Å². The second-order valence-electron chi connectivity index (χ2n) is 5.61. The van der Waals surface area contributed by atoms with Crippen LogP contribution in [0, 0.1) is 10.1 Å². The molecule has 0 spiro atoms. The molecule has 7 nitrogen and oxygen atoms in total. The van der Waals surface area contributed by atoms with Gasteiger partial charge >= 0.3 is 5.97 Å². The second kappa shape index (κ2) is 8.85. The summed E-state index contributed by atoms with van der Waals surface area (Å²) in [6.07, 6.45) is 0. The van der Waals surface area contributed by atoms with Crippen molar-refractivity contribution in [1.82, 2.24) is 0 Å². The Balaban J connectivity index is 1.87. The lowest BCUT2D eigenvalue weighted by Crippen LogP contribution is -2.02. The van der Waals surface area contributed by atoms with Crippen molar-refractivity contribution in [1.29, 1.82) is 0 Å². The van der Waals surface area contributed by atoms with Crippen LogP contribution < -0.4 is 10.1 Å². The maximum Gasteiger partial charge on any atom is 0.351 e. The smallest absolute Gasteiger partial charge is 0.351 e. The van der Waals surface area contributed by atoms with E-state index in [1.54, 1.807) is 18.2 Å². The summed E-state index contributed by atoms with van der Waals surface area (Å²) in [6, 6.07) is 15.8. The molecule has 0 unspecified atom stereocenters. The van der Waals surface area contributed by atoms with Gasteiger partial charge in [-0.1, -0.05) is 46.3 Å². The number of ether oxygens (including phenoxy) is 2. The highest BCUT2D eigenvalue weighted by molar-refractivity contribution is 9.10. The molecule has 0 radical (unpaired) electrons. The molecule has 0 fully saturated rings. The van der Waals surface area contributed by atoms with Gasteiger partial charge in [-0.2, -0.15) is 0 Å². The van der Waals surface area contributed by atoms with Crippen LogP contribution >= 0.6 is 27.3 Å². The number of rotatable bonds is 7. The van der Waals surface area contributed by atoms with Gasteiger partial charge in [-0.05, 0) is 17.7 Å². The summed E-state index contributed by atoms with van der Waals surface area (Å²) < 4.78 is 11.2. The number of nitro benzene ring substituents is 1. The van der Waals surface area contributed by atoms with E-state index in [1.807, 2.05) is 30.3 Å². The molecule has 144 valence electrons. The summed E-state index contributed by atoms with van der Waals surface area (Å²) in [4.78, 5) is 23.2. The Kier molecular flexibility index (Phi) is 6.27. The average molecular weight is 463 g/mol. The summed E-state index contributed by atoms with van der Waals surface area (Å²) in [7, 11) is 1.29. The predicted molar refractivity (Wildman–Crippen MR) is 111 cm³/mol. The Bertz CT molecular complexity index is 1010. The molecule has 0 aliphatic heterocycles. The number of hydrogen-bond acceptors (Lipinski definition) is 7. The van der Waals surface area contributed by atoms with Crippen molar-refractivity contribution in [3.8, 4) is 5.75 Å². The first-order chi connectivity index (χ1) is 13.5. The van der Waals surface area contributed by atoms with Crippen LogP contribution in [0.5, 0.6) is 5.75 Å². The quantitative estimate of drug-likeness (QED) is 0.282. The van der Waals surface area contributed by atoms with Crippen LogP contribution in [-0.2, 0) is 11.3 Å². The Morgan fingerprint density at radius 2 is 1.96 bits per heavy atom. The van der Waals surface area contributed by atoms with Crippen molar-refractivity contribution < 1.29 is 19.2 Å². The van der Waals surface area contributed by atoms with Crippen molar-refractivity contribution in [2.24, 2.45) is 0 Å². The number of carbonyl (C=O) groups excluding carboxylic acids is 1. The molecular formula is C19H15BrN2O5S. The van der Waals surface area contributed by atoms with Gasteiger partial charge in [-0.25, -0.2) is 4.79 Å². The van der Waals surface area contributed by atoms with Crippen LogP contribution in [-0.4, -0.2) is 18.0 Å². The van der Waals surface area contributed by atoms with Crippen LogP contribution in [0.3, 0.4) is 0 Å². The Morgan fingerprint density at radius 1 is 1.21 bits per heavy atom. The van der Waals surface area contributed by atoms with Crippen molar-refractivity contribution in [2.45, 2.75) is 6.61 Å². The molecule has 2 aromatic carbocycles. The molecular weight excluding hydrogens is 448 g/mol. The van der Waals surface area contributed by atoms with E-state index in [-0.39, 0.29) is 17.2 Å². The summed E-state index contributed by atoms with van der Waals surface area (Å²) >= 11 is 4.33. The van der Waals surface area contributed by atoms with E-state index in [1.165, 1.54) is 13.2 Å². The minimum Gasteiger partial charge on any atom is -0.487 e. The first kappa shape index (κ1) is 19.8. The fraction of sp³-hybridized carbons (Fsp3) is 0.105. The molecule has 0 saturated carbocycles. The highest BCUT2D eigenvalue weighted by Crippen LogP contribution is 2.38. The number of thiophene rings is 1. The SMILES string of the molecule is COC(=O)c1sc(Nc2ccc(Br)cc2[N+](=O)[O-])cc1OCc1ccccc1. The topological polar surface area (TPSA) is 90.7 Å². The third-order valence-electron chi connectivity index (χ3n) is 3.72. The summed E-state index contributed by atoms with van der Waals surface area (Å²) in [6.45, 7) is 0.277. The number of halogens is 1. The van der Waals surface area contributed by atoms with Crippen molar-refractivity contribution >= 4 is 49.6 Å². The van der Waals surface area contributed by atoms with Gasteiger partial charge in [-0.15, -0.1) is 11.3 Å². The molecule has 1 N–H and O–H groups in total. The number of nitrogens with one attached hydrogen (secondary N) is 1. The van der Waals surface area contributed by atoms with Crippen LogP contribution in [0.25, 0.3) is 0 Å². The van der Waals surface area contributed by atoms with Crippen LogP contribution in [0.1, 0.15) is 15.2 Å². The predicted octanol–water partition coefficient (Wildman–Crippen LogP) is 5.53. The first-order valence-electron chi connectivity index (χ1n) is 8.07. The van der Waals surface area contributed by atoms with Crippen molar-refractivity contribution in [2.75, 3.05) is 12.4 Å². The number of esters is 1. The van der Waals surface area contributed by atoms with Gasteiger partial charge < -0.3 is 14.8 Å². The molecule has 28 heavy (non-hydrogen) atoms. The van der Waals surface area contributed by atoms with E-state index in [9.17, 15) is 14.9 Å². The first-order valence-corrected chi connectivity index (χ1v) is 9.68. The number of nitro groups is 1. The van der Waals surface area contributed by atoms with Crippen LogP contribution in [0.2, 0.25) is 0 Å². The third kappa shape index (κ3) is 4.68. The third-order valence-corrected chi connectivity index (χ3v) is 5.23. The second-order valence-corrected chi connectivity index (χ2v) is 7.58. The van der Waals surface area contributed by atoms with Crippen LogP contribution in [0.15, 0.2) is 59.1 Å². The molecule has 0 saturated heterocycles. The standard InChI is InChI=1S/C19H15BrN2O5S/c1-26-19(23)18-16(27-11-12-5-3-2-4-6-12)10-17(28-18)21-14-8-7-13(20)9-15(14)22(24)25/h2-10,21H,11H2,1H3. The maximum absolute atomic E-state index is 12.1. The highest BCUT2D eigenvalue weighted by Gasteiger charge is 2.21. The lowest BCUT2D eigenvalue weighted by atomic mass is 10.2. The lowest BCUT2D eigenvalue weighted by Gasteiger charge is -2.06. The molecule has 1 aromatic heterocycles. The minimum atomic E-state index is -0.536. The lowest BCUT2D eigenvalue weighted by molar-refractivity contribution is -0.384. The molecule has 0 aliphatic carbocycles. The zero-order chi connectivity index (χ0) is 20.1. The summed E-state index contributed by atoms with van der Waals surface area (Å²) in [5, 5.41) is 14.8. The van der Waals surface area contributed by atoms with E-state index in [0.29, 0.717) is 20.9 Å². The van der Waals surface area contributed by atoms with Gasteiger partial charge in [0.1, 0.15) is 18.0 Å². The number of methoxy groups -OCH3 is 1. The zero-order valence-electron chi connectivity index (χ0n) is 14.7. The normalized spacial score (nSPS) is 10.4. The van der Waals surface area contributed by atoms with E-state index < -0.39 is 10.9 Å². The fourth-order valence-corrected chi connectivity index (χ4v) is 3.69. The largest absolute Gasteiger partial charge is 0.487 e. The van der Waals surface area contributed by atoms with E-state index >= 15 is 0 Å². The van der Waals surface area contributed by atoms with E-state index in [4.69, 9.17) is 9.47 Å². The van der Waals surface area contributed by atoms with Gasteiger partial charge in [0.2, 0.25) is 0 Å². The molecule has 1 heterocycles. The fourth-order valence-electron chi connectivity index (χ4n) is 2.41. The number of nitrogens with zero attached hydrogens (tertiary/aromatic N) is 1. The number of hydrogen-bond donors (Lipinski definition) is 1. The average Bonchev–Trinajstić information content (AvgIpc) is 3.10.